The van der Waals surface area contributed by atoms with E-state index in [4.69, 9.17) is 4.74 Å². The number of carboxylic acids is 2. The van der Waals surface area contributed by atoms with Gasteiger partial charge >= 0.3 is 11.9 Å². The van der Waals surface area contributed by atoms with Gasteiger partial charge in [0.15, 0.2) is 0 Å². The molecule has 0 saturated carbocycles. The van der Waals surface area contributed by atoms with E-state index in [0.29, 0.717) is 50.3 Å². The van der Waals surface area contributed by atoms with E-state index in [1.54, 1.807) is 24.3 Å². The topological polar surface area (TPSA) is 119 Å². The molecule has 3 N–H and O–H groups in total. The lowest BCUT2D eigenvalue weighted by atomic mass is 10.1. The molecule has 0 fully saturated rings. The largest absolute Gasteiger partial charge is 0.489 e. The standard InChI is InChI=1S/C21H31N3O6/c1-3-23(4-2)17(21(28)29)10-7-8-12-22-15-14-30-18-11-6-5-9-16(18)24(20(15)27)13-19(25)26/h5-6,9,11,15,17,22H,3-4,7-8,10,12-14H2,1-2H3,(H,25,26)(H,28,29)/t15-,17?/m0/s1. The number of unbranched alkanes of at least 4 members (excludes halogenated alkanes) is 1. The molecule has 9 nitrogen and oxygen atoms in total. The third-order valence-corrected chi connectivity index (χ3v) is 5.25. The molecule has 0 bridgehead atoms. The van der Waals surface area contributed by atoms with Crippen LogP contribution in [0.15, 0.2) is 24.3 Å². The molecule has 1 aromatic carbocycles. The van der Waals surface area contributed by atoms with Gasteiger partial charge in [0.1, 0.15) is 31.0 Å². The fourth-order valence-corrected chi connectivity index (χ4v) is 3.66. The fraction of sp³-hybridized carbons (Fsp3) is 0.571. The average molecular weight is 421 g/mol. The first-order valence-electron chi connectivity index (χ1n) is 10.3. The van der Waals surface area contributed by atoms with Gasteiger partial charge in [-0.15, -0.1) is 0 Å². The third-order valence-electron chi connectivity index (χ3n) is 5.25. The van der Waals surface area contributed by atoms with Crippen molar-refractivity contribution >= 4 is 23.5 Å². The van der Waals surface area contributed by atoms with Crippen LogP contribution in [0.25, 0.3) is 0 Å². The average Bonchev–Trinajstić information content (AvgIpc) is 2.84. The minimum absolute atomic E-state index is 0.100. The monoisotopic (exact) mass is 421 g/mol. The van der Waals surface area contributed by atoms with Crippen molar-refractivity contribution in [3.63, 3.8) is 0 Å². The second kappa shape index (κ2) is 11.5. The van der Waals surface area contributed by atoms with Crippen molar-refractivity contribution in [2.45, 2.75) is 45.2 Å². The molecule has 30 heavy (non-hydrogen) atoms. The molecule has 1 aliphatic rings. The molecule has 9 heteroatoms. The predicted octanol–water partition coefficient (Wildman–Crippen LogP) is 1.42. The van der Waals surface area contributed by atoms with Crippen molar-refractivity contribution in [1.82, 2.24) is 10.2 Å². The smallest absolute Gasteiger partial charge is 0.323 e. The van der Waals surface area contributed by atoms with Gasteiger partial charge in [0.05, 0.1) is 5.69 Å². The molecule has 0 aliphatic carbocycles. The highest BCUT2D eigenvalue weighted by atomic mass is 16.5. The maximum atomic E-state index is 12.9. The third kappa shape index (κ3) is 6.17. The lowest BCUT2D eigenvalue weighted by Crippen LogP contribution is -2.50. The van der Waals surface area contributed by atoms with Crippen LogP contribution in [0.4, 0.5) is 5.69 Å². The predicted molar refractivity (Wildman–Crippen MR) is 112 cm³/mol. The van der Waals surface area contributed by atoms with Gasteiger partial charge < -0.3 is 20.3 Å². The zero-order valence-electron chi connectivity index (χ0n) is 17.5. The quantitative estimate of drug-likeness (QED) is 0.434. The van der Waals surface area contributed by atoms with Gasteiger partial charge in [0.25, 0.3) is 0 Å². The molecular formula is C21H31N3O6. The summed E-state index contributed by atoms with van der Waals surface area (Å²) in [5, 5.41) is 21.8. The highest BCUT2D eigenvalue weighted by molar-refractivity contribution is 6.02. The number of benzene rings is 1. The highest BCUT2D eigenvalue weighted by Crippen LogP contribution is 2.30. The van der Waals surface area contributed by atoms with E-state index in [9.17, 15) is 24.6 Å². The van der Waals surface area contributed by atoms with E-state index in [-0.39, 0.29) is 12.5 Å². The SMILES string of the molecule is CCN(CC)C(CCCCN[C@H]1COc2ccccc2N(CC(=O)O)C1=O)C(=O)O. The van der Waals surface area contributed by atoms with E-state index in [2.05, 4.69) is 5.32 Å². The Morgan fingerprint density at radius 2 is 1.93 bits per heavy atom. The number of anilines is 1. The van der Waals surface area contributed by atoms with Crippen LogP contribution in [0.5, 0.6) is 5.75 Å². The number of para-hydroxylation sites is 2. The number of nitrogens with zero attached hydrogens (tertiary/aromatic N) is 2. The van der Waals surface area contributed by atoms with Gasteiger partial charge in [-0.05, 0) is 44.6 Å². The summed E-state index contributed by atoms with van der Waals surface area (Å²) in [7, 11) is 0. The second-order valence-electron chi connectivity index (χ2n) is 7.17. The van der Waals surface area contributed by atoms with Gasteiger partial charge in [-0.25, -0.2) is 0 Å². The van der Waals surface area contributed by atoms with Crippen molar-refractivity contribution < 1.29 is 29.3 Å². The number of aliphatic carboxylic acids is 2. The minimum atomic E-state index is -1.10. The van der Waals surface area contributed by atoms with Gasteiger partial charge in [-0.1, -0.05) is 32.4 Å². The number of hydrogen-bond acceptors (Lipinski definition) is 6. The van der Waals surface area contributed by atoms with Crippen LogP contribution >= 0.6 is 0 Å². The number of nitrogens with one attached hydrogen (secondary N) is 1. The van der Waals surface area contributed by atoms with Crippen molar-refractivity contribution in [1.29, 1.82) is 0 Å². The van der Waals surface area contributed by atoms with Crippen LogP contribution in [0.1, 0.15) is 33.1 Å². The maximum Gasteiger partial charge on any atom is 0.323 e. The number of carbonyl (C=O) groups is 3. The van der Waals surface area contributed by atoms with Gasteiger partial charge in [0.2, 0.25) is 5.91 Å². The summed E-state index contributed by atoms with van der Waals surface area (Å²) < 4.78 is 5.73. The van der Waals surface area contributed by atoms with Crippen LogP contribution in [-0.2, 0) is 14.4 Å². The lowest BCUT2D eigenvalue weighted by molar-refractivity contribution is -0.143. The number of amides is 1. The van der Waals surface area contributed by atoms with E-state index >= 15 is 0 Å². The second-order valence-corrected chi connectivity index (χ2v) is 7.17. The number of carboxylic acid groups (broad SMARTS) is 2. The first-order valence-corrected chi connectivity index (χ1v) is 10.3. The van der Waals surface area contributed by atoms with E-state index in [0.717, 1.165) is 0 Å². The van der Waals surface area contributed by atoms with Crippen LogP contribution in [0.3, 0.4) is 0 Å². The minimum Gasteiger partial charge on any atom is -0.489 e. The maximum absolute atomic E-state index is 12.9. The highest BCUT2D eigenvalue weighted by Gasteiger charge is 2.32. The summed E-state index contributed by atoms with van der Waals surface area (Å²) >= 11 is 0. The zero-order valence-corrected chi connectivity index (χ0v) is 17.5. The summed E-state index contributed by atoms with van der Waals surface area (Å²) in [6, 6.07) is 5.69. The molecule has 0 spiro atoms. The number of rotatable bonds is 12. The summed E-state index contributed by atoms with van der Waals surface area (Å²) in [4.78, 5) is 38.8. The molecule has 1 amide bonds. The molecule has 2 atom stereocenters. The summed E-state index contributed by atoms with van der Waals surface area (Å²) in [6.07, 6.45) is 1.92. The Morgan fingerprint density at radius 1 is 1.23 bits per heavy atom. The lowest BCUT2D eigenvalue weighted by Gasteiger charge is -2.26. The number of carbonyl (C=O) groups excluding carboxylic acids is 1. The van der Waals surface area contributed by atoms with E-state index in [1.807, 2.05) is 18.7 Å². The summed E-state index contributed by atoms with van der Waals surface area (Å²) in [5.74, 6) is -1.80. The molecule has 1 heterocycles. The molecule has 0 aromatic heterocycles. The Balaban J connectivity index is 1.92. The fourth-order valence-electron chi connectivity index (χ4n) is 3.66. The Labute approximate surface area is 176 Å². The van der Waals surface area contributed by atoms with Gasteiger partial charge in [-0.2, -0.15) is 0 Å². The molecule has 1 aliphatic heterocycles. The van der Waals surface area contributed by atoms with Crippen molar-refractivity contribution in [2.75, 3.05) is 37.7 Å². The summed E-state index contributed by atoms with van der Waals surface area (Å²) in [5.41, 5.74) is 0.442. The van der Waals surface area contributed by atoms with Crippen molar-refractivity contribution in [3.8, 4) is 5.75 Å². The molecule has 0 saturated heterocycles. The Bertz CT molecular complexity index is 737. The van der Waals surface area contributed by atoms with Crippen LogP contribution in [0, 0.1) is 0 Å². The molecule has 1 aromatic rings. The zero-order chi connectivity index (χ0) is 22.1. The first kappa shape index (κ1) is 23.6. The first-order chi connectivity index (χ1) is 14.4. The van der Waals surface area contributed by atoms with E-state index in [1.165, 1.54) is 4.90 Å². The molecule has 2 rings (SSSR count). The Morgan fingerprint density at radius 3 is 2.57 bits per heavy atom. The Hall–Kier alpha value is -2.65. The Kier molecular flexibility index (Phi) is 9.07. The van der Waals surface area contributed by atoms with Gasteiger partial charge in [0, 0.05) is 0 Å². The molecular weight excluding hydrogens is 390 g/mol. The molecule has 166 valence electrons. The summed E-state index contributed by atoms with van der Waals surface area (Å²) in [6.45, 7) is 5.41. The van der Waals surface area contributed by atoms with Crippen LogP contribution < -0.4 is 15.0 Å². The number of fused-ring (bicyclic) bond motifs is 1. The number of ether oxygens (including phenoxy) is 1. The molecule has 0 radical (unpaired) electrons. The van der Waals surface area contributed by atoms with Gasteiger partial charge in [-0.3, -0.25) is 24.2 Å². The number of likely N-dealkylation sites (N-methyl/N-ethyl adjacent to an activating group) is 1. The number of hydrogen-bond donors (Lipinski definition) is 3. The van der Waals surface area contributed by atoms with Crippen molar-refractivity contribution in [2.24, 2.45) is 0 Å². The van der Waals surface area contributed by atoms with E-state index < -0.39 is 30.6 Å². The van der Waals surface area contributed by atoms with Crippen LogP contribution in [-0.4, -0.2) is 77.8 Å². The van der Waals surface area contributed by atoms with Crippen LogP contribution in [0.2, 0.25) is 0 Å². The molecule has 1 unspecified atom stereocenters. The normalized spacial score (nSPS) is 17.2. The van der Waals surface area contributed by atoms with Crippen molar-refractivity contribution in [3.05, 3.63) is 24.3 Å².